The molecule has 0 N–H and O–H groups in total. The van der Waals surface area contributed by atoms with Crippen LogP contribution in [0.5, 0.6) is 5.75 Å². The maximum absolute atomic E-state index is 15.1. The molecule has 3 nitrogen and oxygen atoms in total. The van der Waals surface area contributed by atoms with Crippen LogP contribution in [0.1, 0.15) is 63.4 Å². The fourth-order valence-corrected chi connectivity index (χ4v) is 4.76. The van der Waals surface area contributed by atoms with Crippen LogP contribution in [0, 0.1) is 17.5 Å². The molecule has 1 aliphatic heterocycles. The van der Waals surface area contributed by atoms with Crippen LogP contribution in [0.15, 0.2) is 67.3 Å². The Morgan fingerprint density at radius 3 is 2.18 bits per heavy atom. The molecule has 1 fully saturated rings. The summed E-state index contributed by atoms with van der Waals surface area (Å²) in [7, 11) is 0. The van der Waals surface area contributed by atoms with E-state index in [1.54, 1.807) is 30.3 Å². The van der Waals surface area contributed by atoms with E-state index in [-0.39, 0.29) is 29.3 Å². The van der Waals surface area contributed by atoms with Crippen molar-refractivity contribution in [3.63, 3.8) is 0 Å². The summed E-state index contributed by atoms with van der Waals surface area (Å²) in [6, 6.07) is 14.9. The van der Waals surface area contributed by atoms with Gasteiger partial charge in [-0.1, -0.05) is 75.1 Å². The van der Waals surface area contributed by atoms with Crippen molar-refractivity contribution >= 4 is 0 Å². The first-order chi connectivity index (χ1) is 19.0. The third kappa shape index (κ3) is 7.52. The first-order valence-corrected chi connectivity index (χ1v) is 13.9. The number of benzene rings is 3. The number of hydrogen-bond donors (Lipinski definition) is 0. The molecule has 39 heavy (non-hydrogen) atoms. The van der Waals surface area contributed by atoms with Gasteiger partial charge in [-0.25, -0.2) is 8.78 Å². The zero-order chi connectivity index (χ0) is 27.6. The first-order valence-electron chi connectivity index (χ1n) is 13.9. The monoisotopic (exact) mass is 538 g/mol. The highest BCUT2D eigenvalue weighted by Gasteiger charge is 2.24. The second-order valence-electron chi connectivity index (χ2n) is 9.98. The quantitative estimate of drug-likeness (QED) is 0.160. The van der Waals surface area contributed by atoms with Gasteiger partial charge >= 0.3 is 0 Å². The average Bonchev–Trinajstić information content (AvgIpc) is 2.96. The Labute approximate surface area is 229 Å². The Morgan fingerprint density at radius 1 is 0.846 bits per heavy atom. The van der Waals surface area contributed by atoms with Crippen molar-refractivity contribution in [1.29, 1.82) is 0 Å². The Balaban J connectivity index is 1.39. The molecule has 3 aromatic rings. The molecule has 4 rings (SSSR count). The van der Waals surface area contributed by atoms with Crippen LogP contribution >= 0.6 is 0 Å². The topological polar surface area (TPSA) is 27.7 Å². The Kier molecular flexibility index (Phi) is 10.6. The lowest BCUT2D eigenvalue weighted by molar-refractivity contribution is -0.189. The summed E-state index contributed by atoms with van der Waals surface area (Å²) in [4.78, 5) is 0. The molecule has 208 valence electrons. The van der Waals surface area contributed by atoms with E-state index in [1.807, 2.05) is 12.1 Å². The fourth-order valence-electron chi connectivity index (χ4n) is 4.76. The number of rotatable bonds is 13. The molecule has 1 aliphatic rings. The second kappa shape index (κ2) is 14.3. The van der Waals surface area contributed by atoms with Crippen LogP contribution in [0.4, 0.5) is 13.2 Å². The van der Waals surface area contributed by atoms with Gasteiger partial charge in [0.15, 0.2) is 17.9 Å². The summed E-state index contributed by atoms with van der Waals surface area (Å²) < 4.78 is 61.6. The fraction of sp³-hybridized carbons (Fsp3) is 0.394. The number of ether oxygens (including phenoxy) is 3. The maximum atomic E-state index is 15.1. The molecular formula is C33H37F3O3. The van der Waals surface area contributed by atoms with Crippen molar-refractivity contribution in [3.05, 3.63) is 90.3 Å². The van der Waals surface area contributed by atoms with Gasteiger partial charge in [-0.3, -0.25) is 0 Å². The van der Waals surface area contributed by atoms with Crippen molar-refractivity contribution in [1.82, 2.24) is 0 Å². The van der Waals surface area contributed by atoms with Gasteiger partial charge < -0.3 is 14.2 Å². The number of unbranched alkanes of at least 4 members (excludes halogenated alkanes) is 4. The lowest BCUT2D eigenvalue weighted by Crippen LogP contribution is -2.30. The average molecular weight is 539 g/mol. The third-order valence-corrected chi connectivity index (χ3v) is 7.10. The highest BCUT2D eigenvalue weighted by molar-refractivity contribution is 5.71. The van der Waals surface area contributed by atoms with E-state index in [9.17, 15) is 8.78 Å². The Bertz CT molecular complexity index is 1220. The van der Waals surface area contributed by atoms with Gasteiger partial charge in [0, 0.05) is 23.5 Å². The summed E-state index contributed by atoms with van der Waals surface area (Å²) in [5.74, 6) is -2.42. The Hall–Kier alpha value is -3.09. The van der Waals surface area contributed by atoms with Crippen molar-refractivity contribution in [3.8, 4) is 28.0 Å². The van der Waals surface area contributed by atoms with Crippen LogP contribution in [0.2, 0.25) is 0 Å². The normalized spacial score (nSPS) is 17.2. The zero-order valence-corrected chi connectivity index (χ0v) is 22.6. The second-order valence-corrected chi connectivity index (χ2v) is 9.98. The van der Waals surface area contributed by atoms with Gasteiger partial charge in [-0.2, -0.15) is 4.39 Å². The molecule has 0 unspecified atom stereocenters. The molecular weight excluding hydrogens is 501 g/mol. The maximum Gasteiger partial charge on any atom is 0.201 e. The van der Waals surface area contributed by atoms with Crippen LogP contribution in [0.3, 0.4) is 0 Å². The van der Waals surface area contributed by atoms with Gasteiger partial charge in [0.05, 0.1) is 19.8 Å². The van der Waals surface area contributed by atoms with Crippen molar-refractivity contribution in [2.45, 2.75) is 64.1 Å². The predicted octanol–water partition coefficient (Wildman–Crippen LogP) is 9.21. The summed E-state index contributed by atoms with van der Waals surface area (Å²) >= 11 is 0. The van der Waals surface area contributed by atoms with Crippen molar-refractivity contribution in [2.24, 2.45) is 0 Å². The van der Waals surface area contributed by atoms with Gasteiger partial charge in [0.25, 0.3) is 0 Å². The number of allylic oxidation sites excluding steroid dienone is 1. The summed E-state index contributed by atoms with van der Waals surface area (Å²) in [6.07, 6.45) is 8.39. The molecule has 6 heteroatoms. The van der Waals surface area contributed by atoms with Crippen molar-refractivity contribution < 1.29 is 27.4 Å². The molecule has 0 bridgehead atoms. The van der Waals surface area contributed by atoms with E-state index in [0.717, 1.165) is 50.5 Å². The van der Waals surface area contributed by atoms with E-state index < -0.39 is 11.6 Å². The third-order valence-electron chi connectivity index (χ3n) is 7.10. The van der Waals surface area contributed by atoms with E-state index in [0.29, 0.717) is 36.5 Å². The molecule has 1 heterocycles. The Morgan fingerprint density at radius 2 is 1.51 bits per heavy atom. The molecule has 0 aromatic heterocycles. The van der Waals surface area contributed by atoms with Crippen LogP contribution in [0.25, 0.3) is 22.3 Å². The zero-order valence-electron chi connectivity index (χ0n) is 22.6. The van der Waals surface area contributed by atoms with Crippen molar-refractivity contribution in [2.75, 3.05) is 19.8 Å². The highest BCUT2D eigenvalue weighted by atomic mass is 19.2. The van der Waals surface area contributed by atoms with Crippen LogP contribution in [-0.2, 0) is 9.47 Å². The molecule has 1 saturated heterocycles. The number of hydrogen-bond acceptors (Lipinski definition) is 3. The lowest BCUT2D eigenvalue weighted by atomic mass is 9.95. The molecule has 0 aliphatic carbocycles. The molecule has 0 saturated carbocycles. The minimum atomic E-state index is -0.991. The minimum absolute atomic E-state index is 0.0400. The van der Waals surface area contributed by atoms with E-state index >= 15 is 4.39 Å². The summed E-state index contributed by atoms with van der Waals surface area (Å²) in [5.41, 5.74) is 2.53. The number of halogens is 3. The molecule has 0 atom stereocenters. The lowest BCUT2D eigenvalue weighted by Gasteiger charge is -2.29. The van der Waals surface area contributed by atoms with Gasteiger partial charge in [-0.15, -0.1) is 6.58 Å². The largest absolute Gasteiger partial charge is 0.490 e. The SMILES string of the molecule is C=CCCC1OCC(c2ccc(-c3ccc(-c4ccc(OCCCCCCC)c(F)c4F)cc3)c(F)c2)CO1. The van der Waals surface area contributed by atoms with E-state index in [1.165, 1.54) is 18.2 Å². The van der Waals surface area contributed by atoms with Crippen LogP contribution < -0.4 is 4.74 Å². The standard InChI is InChI=1S/C33H37F3O3/c1-3-5-7-8-9-19-37-30-18-17-28(32(35)33(30)36)24-13-11-23(12-14-24)27-16-15-25(20-29(27)34)26-21-38-31(39-22-26)10-6-4-2/h4,11-18,20,26,31H,2-3,5-10,19,21-22H2,1H3. The summed E-state index contributed by atoms with van der Waals surface area (Å²) in [5, 5.41) is 0. The smallest absolute Gasteiger partial charge is 0.201 e. The van der Waals surface area contributed by atoms with E-state index in [2.05, 4.69) is 13.5 Å². The van der Waals surface area contributed by atoms with Crippen LogP contribution in [-0.4, -0.2) is 26.1 Å². The summed E-state index contributed by atoms with van der Waals surface area (Å²) in [6.45, 7) is 7.15. The molecule has 0 radical (unpaired) electrons. The first kappa shape index (κ1) is 28.9. The van der Waals surface area contributed by atoms with Gasteiger partial charge in [-0.05, 0) is 47.7 Å². The van der Waals surface area contributed by atoms with E-state index in [4.69, 9.17) is 14.2 Å². The highest BCUT2D eigenvalue weighted by Crippen LogP contribution is 2.33. The molecule has 3 aromatic carbocycles. The van der Waals surface area contributed by atoms with Gasteiger partial charge in [0.2, 0.25) is 5.82 Å². The predicted molar refractivity (Wildman–Crippen MR) is 149 cm³/mol. The molecule has 0 spiro atoms. The molecule has 0 amide bonds. The van der Waals surface area contributed by atoms with Gasteiger partial charge in [0.1, 0.15) is 5.82 Å². The minimum Gasteiger partial charge on any atom is -0.490 e.